The summed E-state index contributed by atoms with van der Waals surface area (Å²) >= 11 is 6.01. The molecule has 0 saturated heterocycles. The van der Waals surface area contributed by atoms with Gasteiger partial charge in [-0.2, -0.15) is 5.26 Å². The second-order valence-electron chi connectivity index (χ2n) is 5.78. The van der Waals surface area contributed by atoms with Crippen LogP contribution in [0.25, 0.3) is 27.6 Å². The minimum atomic E-state index is -0.480. The number of nitriles is 1. The summed E-state index contributed by atoms with van der Waals surface area (Å²) in [5.74, 6) is -0.229. The zero-order valence-electron chi connectivity index (χ0n) is 14.3. The summed E-state index contributed by atoms with van der Waals surface area (Å²) in [5.41, 5.74) is 1.98. The van der Waals surface area contributed by atoms with Gasteiger partial charge < -0.3 is 20.8 Å². The van der Waals surface area contributed by atoms with Gasteiger partial charge in [0, 0.05) is 30.4 Å². The third kappa shape index (κ3) is 3.28. The number of rotatable bonds is 4. The number of aromatic hydroxyl groups is 1. The SMILES string of the molecule is CN/C=C(\C=N)c1cccc(-c2c(O)c3cc(C#N)c(Cl)cc3[nH]c2=O)c1. The van der Waals surface area contributed by atoms with Gasteiger partial charge in [-0.05, 0) is 29.3 Å². The summed E-state index contributed by atoms with van der Waals surface area (Å²) in [6.45, 7) is 0. The molecular formula is C20H15ClN4O2. The van der Waals surface area contributed by atoms with Gasteiger partial charge in [0.05, 0.1) is 21.7 Å². The van der Waals surface area contributed by atoms with E-state index in [0.717, 1.165) is 0 Å². The maximum Gasteiger partial charge on any atom is 0.260 e. The highest BCUT2D eigenvalue weighted by Gasteiger charge is 2.16. The van der Waals surface area contributed by atoms with E-state index in [0.29, 0.717) is 27.6 Å². The van der Waals surface area contributed by atoms with Crippen LogP contribution in [-0.2, 0) is 0 Å². The van der Waals surface area contributed by atoms with Gasteiger partial charge >= 0.3 is 0 Å². The van der Waals surface area contributed by atoms with E-state index in [9.17, 15) is 9.90 Å². The predicted octanol–water partition coefficient (Wildman–Crippen LogP) is 3.64. The molecule has 1 aromatic heterocycles. The summed E-state index contributed by atoms with van der Waals surface area (Å²) in [4.78, 5) is 15.3. The van der Waals surface area contributed by atoms with Crippen LogP contribution in [0.5, 0.6) is 5.75 Å². The second-order valence-corrected chi connectivity index (χ2v) is 6.19. The van der Waals surface area contributed by atoms with Crippen LogP contribution >= 0.6 is 11.6 Å². The predicted molar refractivity (Wildman–Crippen MR) is 107 cm³/mol. The number of nitrogens with zero attached hydrogens (tertiary/aromatic N) is 1. The highest BCUT2D eigenvalue weighted by Crippen LogP contribution is 2.35. The average molecular weight is 379 g/mol. The third-order valence-electron chi connectivity index (χ3n) is 4.13. The van der Waals surface area contributed by atoms with Crippen molar-refractivity contribution in [2.24, 2.45) is 0 Å². The number of halogens is 1. The summed E-state index contributed by atoms with van der Waals surface area (Å²) < 4.78 is 0. The highest BCUT2D eigenvalue weighted by atomic mass is 35.5. The highest BCUT2D eigenvalue weighted by molar-refractivity contribution is 6.32. The molecule has 0 spiro atoms. The van der Waals surface area contributed by atoms with Crippen molar-refractivity contribution >= 4 is 34.3 Å². The number of allylic oxidation sites excluding steroid dienone is 1. The van der Waals surface area contributed by atoms with E-state index in [1.165, 1.54) is 18.3 Å². The Kier molecular flexibility index (Phi) is 4.97. The molecule has 1 heterocycles. The largest absolute Gasteiger partial charge is 0.506 e. The zero-order valence-corrected chi connectivity index (χ0v) is 15.1. The van der Waals surface area contributed by atoms with Crippen molar-refractivity contribution in [3.05, 3.63) is 69.1 Å². The Hall–Kier alpha value is -3.56. The monoisotopic (exact) mass is 378 g/mol. The molecule has 0 saturated carbocycles. The smallest absolute Gasteiger partial charge is 0.260 e. The fraction of sp³-hybridized carbons (Fsp3) is 0.0500. The van der Waals surface area contributed by atoms with E-state index in [2.05, 4.69) is 10.3 Å². The Morgan fingerprint density at radius 1 is 1.37 bits per heavy atom. The minimum Gasteiger partial charge on any atom is -0.506 e. The lowest BCUT2D eigenvalue weighted by Gasteiger charge is -2.10. The Morgan fingerprint density at radius 2 is 2.15 bits per heavy atom. The summed E-state index contributed by atoms with van der Waals surface area (Å²) in [6.07, 6.45) is 2.86. The number of H-pyrrole nitrogens is 1. The van der Waals surface area contributed by atoms with Crippen molar-refractivity contribution in [1.82, 2.24) is 10.3 Å². The van der Waals surface area contributed by atoms with Crippen LogP contribution in [0, 0.1) is 16.7 Å². The van der Waals surface area contributed by atoms with Crippen molar-refractivity contribution in [2.75, 3.05) is 7.05 Å². The number of aromatic nitrogens is 1. The third-order valence-corrected chi connectivity index (χ3v) is 4.45. The average Bonchev–Trinajstić information content (AvgIpc) is 2.66. The van der Waals surface area contributed by atoms with Crippen LogP contribution in [-0.4, -0.2) is 23.4 Å². The van der Waals surface area contributed by atoms with E-state index in [4.69, 9.17) is 22.3 Å². The number of nitrogens with one attached hydrogen (secondary N) is 3. The number of hydrogen-bond acceptors (Lipinski definition) is 5. The summed E-state index contributed by atoms with van der Waals surface area (Å²) in [5, 5.41) is 30.8. The van der Waals surface area contributed by atoms with Gasteiger partial charge in [-0.1, -0.05) is 29.8 Å². The molecule has 0 radical (unpaired) electrons. The Balaban J connectivity index is 2.28. The van der Waals surface area contributed by atoms with Gasteiger partial charge in [0.1, 0.15) is 11.8 Å². The first-order valence-electron chi connectivity index (χ1n) is 7.97. The Bertz CT molecular complexity index is 1190. The second kappa shape index (κ2) is 7.36. The molecule has 0 unspecified atom stereocenters. The molecule has 3 rings (SSSR count). The minimum absolute atomic E-state index is 0.0874. The molecule has 134 valence electrons. The maximum absolute atomic E-state index is 12.6. The number of hydrogen-bond donors (Lipinski definition) is 4. The first-order valence-corrected chi connectivity index (χ1v) is 8.35. The molecule has 0 fully saturated rings. The lowest BCUT2D eigenvalue weighted by Crippen LogP contribution is -2.09. The van der Waals surface area contributed by atoms with Crippen LogP contribution in [0.4, 0.5) is 0 Å². The van der Waals surface area contributed by atoms with Gasteiger partial charge in [0.25, 0.3) is 5.56 Å². The van der Waals surface area contributed by atoms with Crippen molar-refractivity contribution in [3.8, 4) is 22.9 Å². The quantitative estimate of drug-likeness (QED) is 0.519. The Morgan fingerprint density at radius 3 is 2.81 bits per heavy atom. The van der Waals surface area contributed by atoms with E-state index in [1.54, 1.807) is 37.5 Å². The summed E-state index contributed by atoms with van der Waals surface area (Å²) in [6, 6.07) is 11.8. The molecule has 3 aromatic rings. The molecule has 2 aromatic carbocycles. The molecule has 0 atom stereocenters. The van der Waals surface area contributed by atoms with E-state index < -0.39 is 5.56 Å². The number of aromatic amines is 1. The lowest BCUT2D eigenvalue weighted by molar-refractivity contribution is 0.482. The maximum atomic E-state index is 12.6. The first kappa shape index (κ1) is 18.2. The van der Waals surface area contributed by atoms with Gasteiger partial charge in [-0.3, -0.25) is 4.79 Å². The standard InChI is InChI=1S/C20H15ClN4O2/c1-24-10-14(9-23)11-3-2-4-12(5-11)18-19(26)15-6-13(8-22)16(21)7-17(15)25-20(18)27/h2-7,9-10,23-24H,1H3,(H2,25,26,27)/b14-10+,23-9?. The van der Waals surface area contributed by atoms with E-state index in [-0.39, 0.29) is 21.9 Å². The fourth-order valence-corrected chi connectivity index (χ4v) is 3.08. The van der Waals surface area contributed by atoms with Gasteiger partial charge in [-0.15, -0.1) is 0 Å². The van der Waals surface area contributed by atoms with Crippen LogP contribution in [0.3, 0.4) is 0 Å². The first-order chi connectivity index (χ1) is 13.0. The number of fused-ring (bicyclic) bond motifs is 1. The Labute approximate surface area is 159 Å². The molecule has 6 nitrogen and oxygen atoms in total. The molecule has 4 N–H and O–H groups in total. The molecule has 0 bridgehead atoms. The van der Waals surface area contributed by atoms with Crippen molar-refractivity contribution in [2.45, 2.75) is 0 Å². The molecule has 27 heavy (non-hydrogen) atoms. The molecule has 0 aliphatic heterocycles. The number of pyridine rings is 1. The lowest BCUT2D eigenvalue weighted by atomic mass is 9.98. The topological polar surface area (TPSA) is 113 Å². The van der Waals surface area contributed by atoms with Crippen LogP contribution in [0.2, 0.25) is 5.02 Å². The van der Waals surface area contributed by atoms with Crippen LogP contribution in [0.15, 0.2) is 47.4 Å². The number of benzene rings is 2. The van der Waals surface area contributed by atoms with Gasteiger partial charge in [0.2, 0.25) is 0 Å². The fourth-order valence-electron chi connectivity index (χ4n) is 2.87. The van der Waals surface area contributed by atoms with Crippen LogP contribution < -0.4 is 10.9 Å². The van der Waals surface area contributed by atoms with Crippen molar-refractivity contribution < 1.29 is 5.11 Å². The van der Waals surface area contributed by atoms with Crippen LogP contribution in [0.1, 0.15) is 11.1 Å². The van der Waals surface area contributed by atoms with E-state index in [1.807, 2.05) is 6.07 Å². The van der Waals surface area contributed by atoms with Gasteiger partial charge in [-0.25, -0.2) is 0 Å². The molecular weight excluding hydrogens is 364 g/mol. The van der Waals surface area contributed by atoms with E-state index >= 15 is 0 Å². The van der Waals surface area contributed by atoms with Gasteiger partial charge in [0.15, 0.2) is 0 Å². The zero-order chi connectivity index (χ0) is 19.6. The normalized spacial score (nSPS) is 11.2. The van der Waals surface area contributed by atoms with Crippen molar-refractivity contribution in [3.63, 3.8) is 0 Å². The molecule has 7 heteroatoms. The molecule has 0 aliphatic rings. The summed E-state index contributed by atoms with van der Waals surface area (Å²) in [7, 11) is 1.73. The van der Waals surface area contributed by atoms with Crippen molar-refractivity contribution in [1.29, 1.82) is 10.7 Å². The molecule has 0 aliphatic carbocycles. The molecule has 0 amide bonds.